The quantitative estimate of drug-likeness (QED) is 0.780. The van der Waals surface area contributed by atoms with Crippen LogP contribution in [0.5, 0.6) is 0 Å². The molecule has 2 rings (SSSR count). The van der Waals surface area contributed by atoms with Crippen molar-refractivity contribution in [3.05, 3.63) is 17.7 Å². The highest BCUT2D eigenvalue weighted by atomic mass is 15.1. The zero-order valence-corrected chi connectivity index (χ0v) is 10.1. The van der Waals surface area contributed by atoms with E-state index in [1.54, 1.807) is 6.33 Å². The maximum atomic E-state index is 9.04. The van der Waals surface area contributed by atoms with Crippen molar-refractivity contribution >= 4 is 0 Å². The van der Waals surface area contributed by atoms with Crippen LogP contribution in [-0.4, -0.2) is 9.55 Å². The summed E-state index contributed by atoms with van der Waals surface area (Å²) in [6.07, 6.45) is 6.64. The summed E-state index contributed by atoms with van der Waals surface area (Å²) in [5.41, 5.74) is 0.655. The molecule has 1 aromatic heterocycles. The Morgan fingerprint density at radius 2 is 2.24 bits per heavy atom. The third-order valence-corrected chi connectivity index (χ3v) is 3.55. The van der Waals surface area contributed by atoms with Crippen LogP contribution in [0.3, 0.4) is 0 Å². The summed E-state index contributed by atoms with van der Waals surface area (Å²) in [6.45, 7) is 3.11. The van der Waals surface area contributed by atoms with Crippen LogP contribution < -0.4 is 0 Å². The van der Waals surface area contributed by atoms with Gasteiger partial charge >= 0.3 is 0 Å². The van der Waals surface area contributed by atoms with E-state index in [0.717, 1.165) is 12.5 Å². The van der Waals surface area contributed by atoms with Gasteiger partial charge in [0.15, 0.2) is 11.4 Å². The van der Waals surface area contributed by atoms with E-state index in [0.29, 0.717) is 11.6 Å². The van der Waals surface area contributed by atoms with Gasteiger partial charge < -0.3 is 4.57 Å². The number of imidazole rings is 1. The standard InChI is InChI=1S/C13H16N4/c1-10-3-2-4-11(5-10)8-17-9-16-12(6-14)13(17)7-15/h9-11H,2-5,8H2,1H3/t10-,11-/m0/s1. The molecule has 2 atom stereocenters. The van der Waals surface area contributed by atoms with Crippen LogP contribution in [-0.2, 0) is 6.54 Å². The topological polar surface area (TPSA) is 65.4 Å². The van der Waals surface area contributed by atoms with Gasteiger partial charge in [0.2, 0.25) is 0 Å². The molecule has 0 spiro atoms. The Hall–Kier alpha value is -1.81. The summed E-state index contributed by atoms with van der Waals surface area (Å²) in [6, 6.07) is 4.03. The van der Waals surface area contributed by atoms with Crippen molar-refractivity contribution in [3.8, 4) is 12.1 Å². The van der Waals surface area contributed by atoms with Gasteiger partial charge in [-0.05, 0) is 24.7 Å². The second-order valence-corrected chi connectivity index (χ2v) is 4.96. The molecule has 0 radical (unpaired) electrons. The molecule has 4 nitrogen and oxygen atoms in total. The summed E-state index contributed by atoms with van der Waals surface area (Å²) in [7, 11) is 0. The van der Waals surface area contributed by atoms with E-state index in [2.05, 4.69) is 18.0 Å². The van der Waals surface area contributed by atoms with E-state index in [1.165, 1.54) is 25.7 Å². The molecule has 0 saturated heterocycles. The maximum absolute atomic E-state index is 9.04. The van der Waals surface area contributed by atoms with Crippen LogP contribution in [0.1, 0.15) is 44.0 Å². The van der Waals surface area contributed by atoms with Crippen LogP contribution in [0.4, 0.5) is 0 Å². The molecular weight excluding hydrogens is 212 g/mol. The average Bonchev–Trinajstić information content (AvgIpc) is 2.71. The van der Waals surface area contributed by atoms with Crippen LogP contribution in [0.25, 0.3) is 0 Å². The van der Waals surface area contributed by atoms with Gasteiger partial charge in [0, 0.05) is 6.54 Å². The summed E-state index contributed by atoms with van der Waals surface area (Å²) in [5, 5.41) is 17.9. The molecule has 17 heavy (non-hydrogen) atoms. The van der Waals surface area contributed by atoms with Crippen molar-refractivity contribution < 1.29 is 0 Å². The van der Waals surface area contributed by atoms with Crippen molar-refractivity contribution in [2.45, 2.75) is 39.2 Å². The van der Waals surface area contributed by atoms with Crippen molar-refractivity contribution in [3.63, 3.8) is 0 Å². The van der Waals surface area contributed by atoms with E-state index in [4.69, 9.17) is 10.5 Å². The SMILES string of the molecule is C[C@H]1CCC[C@H](Cn2cnc(C#N)c2C#N)C1. The van der Waals surface area contributed by atoms with Crippen molar-refractivity contribution in [2.24, 2.45) is 11.8 Å². The zero-order valence-electron chi connectivity index (χ0n) is 10.1. The molecule has 4 heteroatoms. The highest BCUT2D eigenvalue weighted by Crippen LogP contribution is 2.29. The molecule has 0 unspecified atom stereocenters. The molecular formula is C13H16N4. The minimum Gasteiger partial charge on any atom is -0.321 e. The fourth-order valence-corrected chi connectivity index (χ4v) is 2.72. The van der Waals surface area contributed by atoms with Gasteiger partial charge in [-0.3, -0.25) is 0 Å². The monoisotopic (exact) mass is 228 g/mol. The Balaban J connectivity index is 2.11. The van der Waals surface area contributed by atoms with E-state index in [-0.39, 0.29) is 5.69 Å². The first-order chi connectivity index (χ1) is 8.24. The van der Waals surface area contributed by atoms with Crippen molar-refractivity contribution in [1.29, 1.82) is 10.5 Å². The fourth-order valence-electron chi connectivity index (χ4n) is 2.72. The molecule has 1 aromatic rings. The second-order valence-electron chi connectivity index (χ2n) is 4.96. The van der Waals surface area contributed by atoms with Crippen LogP contribution >= 0.6 is 0 Å². The normalized spacial score (nSPS) is 23.9. The Labute approximate surface area is 101 Å². The molecule has 0 N–H and O–H groups in total. The molecule has 1 heterocycles. The van der Waals surface area contributed by atoms with Gasteiger partial charge in [-0.25, -0.2) is 4.98 Å². The molecule has 1 aliphatic rings. The van der Waals surface area contributed by atoms with E-state index in [9.17, 15) is 0 Å². The Morgan fingerprint density at radius 3 is 2.88 bits per heavy atom. The van der Waals surface area contributed by atoms with Crippen LogP contribution in [0.2, 0.25) is 0 Å². The summed E-state index contributed by atoms with van der Waals surface area (Å²) < 4.78 is 1.83. The first kappa shape index (κ1) is 11.7. The first-order valence-electron chi connectivity index (χ1n) is 6.10. The zero-order chi connectivity index (χ0) is 12.3. The molecule has 1 aliphatic carbocycles. The lowest BCUT2D eigenvalue weighted by Crippen LogP contribution is -2.19. The largest absolute Gasteiger partial charge is 0.321 e. The Kier molecular flexibility index (Phi) is 3.44. The molecule has 0 aliphatic heterocycles. The average molecular weight is 228 g/mol. The third-order valence-electron chi connectivity index (χ3n) is 3.55. The summed E-state index contributed by atoms with van der Waals surface area (Å²) in [4.78, 5) is 3.97. The number of hydrogen-bond acceptors (Lipinski definition) is 3. The number of nitrogens with zero attached hydrogens (tertiary/aromatic N) is 4. The first-order valence-corrected chi connectivity index (χ1v) is 6.10. The van der Waals surface area contributed by atoms with Gasteiger partial charge in [0.1, 0.15) is 12.1 Å². The van der Waals surface area contributed by atoms with Gasteiger partial charge in [-0.2, -0.15) is 10.5 Å². The molecule has 1 fully saturated rings. The molecule has 0 bridgehead atoms. The third kappa shape index (κ3) is 2.47. The van der Waals surface area contributed by atoms with Gasteiger partial charge in [0.25, 0.3) is 0 Å². The van der Waals surface area contributed by atoms with E-state index >= 15 is 0 Å². The highest BCUT2D eigenvalue weighted by Gasteiger charge is 2.21. The fraction of sp³-hybridized carbons (Fsp3) is 0.615. The minimum absolute atomic E-state index is 0.247. The molecule has 0 aromatic carbocycles. The highest BCUT2D eigenvalue weighted by molar-refractivity contribution is 5.36. The lowest BCUT2D eigenvalue weighted by Gasteiger charge is -2.26. The van der Waals surface area contributed by atoms with Crippen molar-refractivity contribution in [2.75, 3.05) is 0 Å². The molecule has 0 amide bonds. The second kappa shape index (κ2) is 5.01. The summed E-state index contributed by atoms with van der Waals surface area (Å²) in [5.74, 6) is 1.39. The maximum Gasteiger partial charge on any atom is 0.176 e. The van der Waals surface area contributed by atoms with Gasteiger partial charge in [-0.15, -0.1) is 0 Å². The number of aromatic nitrogens is 2. The van der Waals surface area contributed by atoms with Crippen LogP contribution in [0, 0.1) is 34.5 Å². The van der Waals surface area contributed by atoms with Gasteiger partial charge in [0.05, 0.1) is 6.33 Å². The Bertz CT molecular complexity index is 475. The van der Waals surface area contributed by atoms with Crippen molar-refractivity contribution in [1.82, 2.24) is 9.55 Å². The number of rotatable bonds is 2. The smallest absolute Gasteiger partial charge is 0.176 e. The van der Waals surface area contributed by atoms with Crippen LogP contribution in [0.15, 0.2) is 6.33 Å². The van der Waals surface area contributed by atoms with E-state index < -0.39 is 0 Å². The number of hydrogen-bond donors (Lipinski definition) is 0. The summed E-state index contributed by atoms with van der Waals surface area (Å²) >= 11 is 0. The lowest BCUT2D eigenvalue weighted by atomic mass is 9.82. The van der Waals surface area contributed by atoms with E-state index in [1.807, 2.05) is 10.6 Å². The lowest BCUT2D eigenvalue weighted by molar-refractivity contribution is 0.256. The molecule has 1 saturated carbocycles. The predicted octanol–water partition coefficient (Wildman–Crippen LogP) is 2.45. The number of nitriles is 2. The Morgan fingerprint density at radius 1 is 1.41 bits per heavy atom. The van der Waals surface area contributed by atoms with Gasteiger partial charge in [-0.1, -0.05) is 19.8 Å². The minimum atomic E-state index is 0.247. The predicted molar refractivity (Wildman–Crippen MR) is 62.8 cm³/mol. The molecule has 88 valence electrons.